The Morgan fingerprint density at radius 1 is 1.07 bits per heavy atom. The molecule has 9 heteroatoms. The van der Waals surface area contributed by atoms with Crippen molar-refractivity contribution < 1.29 is 13.2 Å². The van der Waals surface area contributed by atoms with E-state index in [0.29, 0.717) is 25.7 Å². The highest BCUT2D eigenvalue weighted by molar-refractivity contribution is 7.89. The number of hydrogen-bond acceptors (Lipinski definition) is 4. The Morgan fingerprint density at radius 3 is 2.48 bits per heavy atom. The lowest BCUT2D eigenvalue weighted by Crippen LogP contribution is -2.37. The minimum atomic E-state index is -3.52. The van der Waals surface area contributed by atoms with Crippen molar-refractivity contribution in [2.24, 2.45) is 4.99 Å². The second-order valence-electron chi connectivity index (χ2n) is 6.27. The lowest BCUT2D eigenvalue weighted by Gasteiger charge is -2.12. The Bertz CT molecular complexity index is 902. The zero-order valence-corrected chi connectivity index (χ0v) is 18.2. The molecule has 0 heterocycles. The smallest absolute Gasteiger partial charge is 0.240 e. The van der Waals surface area contributed by atoms with Gasteiger partial charge in [0.05, 0.1) is 11.5 Å². The first-order chi connectivity index (χ1) is 13.9. The summed E-state index contributed by atoms with van der Waals surface area (Å²) in [5, 5.41) is 7.19. The molecule has 158 valence electrons. The first-order valence-corrected chi connectivity index (χ1v) is 11.1. The summed E-state index contributed by atoms with van der Waals surface area (Å²) >= 11 is 6.00. The second-order valence-corrected chi connectivity index (χ2v) is 8.47. The highest BCUT2D eigenvalue weighted by Crippen LogP contribution is 2.11. The van der Waals surface area contributed by atoms with Crippen LogP contribution in [0.25, 0.3) is 0 Å². The van der Waals surface area contributed by atoms with Crippen LogP contribution in [0.1, 0.15) is 11.1 Å². The summed E-state index contributed by atoms with van der Waals surface area (Å²) in [7, 11) is -0.294. The number of guanidine groups is 1. The van der Waals surface area contributed by atoms with Crippen molar-refractivity contribution in [2.45, 2.75) is 17.9 Å². The highest BCUT2D eigenvalue weighted by atomic mass is 35.5. The molecule has 2 aromatic rings. The van der Waals surface area contributed by atoms with E-state index in [2.05, 4.69) is 20.3 Å². The standard InChI is InChI=1S/C20H27ClN4O3S/c1-22-20(23-11-10-16-4-3-5-18(21)14-16)24-15-17-6-8-19(9-7-17)29(26,27)25-12-13-28-2/h3-9,14,25H,10-13,15H2,1-2H3,(H2,22,23,24). The Morgan fingerprint density at radius 2 is 1.83 bits per heavy atom. The van der Waals surface area contributed by atoms with E-state index >= 15 is 0 Å². The summed E-state index contributed by atoms with van der Waals surface area (Å²) < 4.78 is 31.7. The molecular weight excluding hydrogens is 412 g/mol. The maximum atomic E-state index is 12.2. The predicted octanol–water partition coefficient (Wildman–Crippen LogP) is 2.17. The van der Waals surface area contributed by atoms with Gasteiger partial charge in [0.1, 0.15) is 0 Å². The highest BCUT2D eigenvalue weighted by Gasteiger charge is 2.12. The lowest BCUT2D eigenvalue weighted by atomic mass is 10.1. The molecule has 0 saturated carbocycles. The minimum absolute atomic E-state index is 0.224. The number of methoxy groups -OCH3 is 1. The van der Waals surface area contributed by atoms with Gasteiger partial charge in [0.15, 0.2) is 5.96 Å². The van der Waals surface area contributed by atoms with Crippen LogP contribution in [0, 0.1) is 0 Å². The van der Waals surface area contributed by atoms with Gasteiger partial charge in [-0.1, -0.05) is 35.9 Å². The fourth-order valence-corrected chi connectivity index (χ4v) is 3.80. The maximum absolute atomic E-state index is 12.2. The molecule has 2 rings (SSSR count). The van der Waals surface area contributed by atoms with Crippen LogP contribution >= 0.6 is 11.6 Å². The SMILES string of the molecule is CN=C(NCCc1cccc(Cl)c1)NCc1ccc(S(=O)(=O)NCCOC)cc1. The van der Waals surface area contributed by atoms with Crippen LogP contribution in [0.5, 0.6) is 0 Å². The Hall–Kier alpha value is -2.13. The molecule has 0 unspecified atom stereocenters. The molecule has 29 heavy (non-hydrogen) atoms. The van der Waals surface area contributed by atoms with Gasteiger partial charge in [-0.05, 0) is 41.8 Å². The molecule has 0 aromatic heterocycles. The van der Waals surface area contributed by atoms with Crippen LogP contribution in [0.2, 0.25) is 5.02 Å². The van der Waals surface area contributed by atoms with Crippen LogP contribution in [0.4, 0.5) is 0 Å². The maximum Gasteiger partial charge on any atom is 0.240 e. The van der Waals surface area contributed by atoms with Crippen molar-refractivity contribution in [3.05, 3.63) is 64.7 Å². The van der Waals surface area contributed by atoms with Crippen LogP contribution < -0.4 is 15.4 Å². The van der Waals surface area contributed by atoms with Gasteiger partial charge in [-0.2, -0.15) is 0 Å². The van der Waals surface area contributed by atoms with Gasteiger partial charge >= 0.3 is 0 Å². The topological polar surface area (TPSA) is 91.8 Å². The summed E-state index contributed by atoms with van der Waals surface area (Å²) in [6, 6.07) is 14.5. The molecule has 0 spiro atoms. The summed E-state index contributed by atoms with van der Waals surface area (Å²) in [5.74, 6) is 0.671. The van der Waals surface area contributed by atoms with Gasteiger partial charge in [-0.15, -0.1) is 0 Å². The molecule has 0 aliphatic rings. The molecule has 0 radical (unpaired) electrons. The Balaban J connectivity index is 1.81. The quantitative estimate of drug-likeness (QED) is 0.300. The van der Waals surface area contributed by atoms with E-state index in [0.717, 1.165) is 22.6 Å². The largest absolute Gasteiger partial charge is 0.383 e. The van der Waals surface area contributed by atoms with Crippen LogP contribution in [0.3, 0.4) is 0 Å². The van der Waals surface area contributed by atoms with E-state index in [4.69, 9.17) is 16.3 Å². The Kier molecular flexibility index (Phi) is 9.40. The number of sulfonamides is 1. The molecule has 0 amide bonds. The number of aliphatic imine (C=N–C) groups is 1. The van der Waals surface area contributed by atoms with E-state index in [-0.39, 0.29) is 11.4 Å². The van der Waals surface area contributed by atoms with E-state index < -0.39 is 10.0 Å². The van der Waals surface area contributed by atoms with Crippen molar-refractivity contribution in [1.82, 2.24) is 15.4 Å². The first kappa shape index (κ1) is 23.2. The monoisotopic (exact) mass is 438 g/mol. The fraction of sp³-hybridized carbons (Fsp3) is 0.350. The minimum Gasteiger partial charge on any atom is -0.383 e. The van der Waals surface area contributed by atoms with Crippen LogP contribution in [-0.2, 0) is 27.7 Å². The number of benzene rings is 2. The normalized spacial score (nSPS) is 12.0. The van der Waals surface area contributed by atoms with Crippen molar-refractivity contribution in [3.8, 4) is 0 Å². The number of halogens is 1. The number of nitrogens with one attached hydrogen (secondary N) is 3. The fourth-order valence-electron chi connectivity index (χ4n) is 2.57. The predicted molar refractivity (Wildman–Crippen MR) is 117 cm³/mol. The van der Waals surface area contributed by atoms with Crippen molar-refractivity contribution >= 4 is 27.6 Å². The first-order valence-electron chi connectivity index (χ1n) is 9.21. The second kappa shape index (κ2) is 11.8. The molecule has 0 atom stereocenters. The zero-order chi connectivity index (χ0) is 21.1. The number of ether oxygens (including phenoxy) is 1. The van der Waals surface area contributed by atoms with Crippen LogP contribution in [-0.4, -0.2) is 48.2 Å². The van der Waals surface area contributed by atoms with E-state index in [9.17, 15) is 8.42 Å². The Labute approximate surface area is 177 Å². The van der Waals surface area contributed by atoms with Gasteiger partial charge < -0.3 is 15.4 Å². The average Bonchev–Trinajstić information content (AvgIpc) is 2.71. The molecule has 0 bridgehead atoms. The van der Waals surface area contributed by atoms with E-state index in [1.165, 1.54) is 7.11 Å². The van der Waals surface area contributed by atoms with Crippen molar-refractivity contribution in [1.29, 1.82) is 0 Å². The van der Waals surface area contributed by atoms with E-state index in [1.54, 1.807) is 31.3 Å². The summed E-state index contributed by atoms with van der Waals surface area (Å²) in [4.78, 5) is 4.42. The molecule has 0 aliphatic heterocycles. The molecule has 0 saturated heterocycles. The van der Waals surface area contributed by atoms with Gasteiger partial charge in [-0.3, -0.25) is 4.99 Å². The zero-order valence-electron chi connectivity index (χ0n) is 16.6. The molecule has 7 nitrogen and oxygen atoms in total. The van der Waals surface area contributed by atoms with Gasteiger partial charge in [0.25, 0.3) is 0 Å². The summed E-state index contributed by atoms with van der Waals surface area (Å²) in [5.41, 5.74) is 2.09. The molecule has 0 aliphatic carbocycles. The number of rotatable bonds is 10. The number of hydrogen-bond donors (Lipinski definition) is 3. The number of nitrogens with zero attached hydrogens (tertiary/aromatic N) is 1. The molecule has 3 N–H and O–H groups in total. The molecule has 0 fully saturated rings. The van der Waals surface area contributed by atoms with E-state index in [1.807, 2.05) is 24.3 Å². The van der Waals surface area contributed by atoms with Gasteiger partial charge in [0, 0.05) is 38.8 Å². The lowest BCUT2D eigenvalue weighted by molar-refractivity contribution is 0.204. The average molecular weight is 439 g/mol. The summed E-state index contributed by atoms with van der Waals surface area (Å²) in [6.45, 7) is 1.79. The van der Waals surface area contributed by atoms with Crippen molar-refractivity contribution in [3.63, 3.8) is 0 Å². The third kappa shape index (κ3) is 8.02. The van der Waals surface area contributed by atoms with Gasteiger partial charge in [0.2, 0.25) is 10.0 Å². The van der Waals surface area contributed by atoms with Gasteiger partial charge in [-0.25, -0.2) is 13.1 Å². The van der Waals surface area contributed by atoms with Crippen LogP contribution in [0.15, 0.2) is 58.4 Å². The van der Waals surface area contributed by atoms with Crippen molar-refractivity contribution in [2.75, 3.05) is 33.9 Å². The third-order valence-electron chi connectivity index (χ3n) is 4.11. The molecular formula is C20H27ClN4O3S. The summed E-state index contributed by atoms with van der Waals surface area (Å²) in [6.07, 6.45) is 0.823. The third-order valence-corrected chi connectivity index (χ3v) is 5.82. The molecule has 2 aromatic carbocycles.